The number of nitrogens with one attached hydrogen (secondary N) is 1. The van der Waals surface area contributed by atoms with Crippen molar-refractivity contribution in [1.82, 2.24) is 15.3 Å². The minimum Gasteiger partial charge on any atom is -0.492 e. The Bertz CT molecular complexity index is 1250. The predicted molar refractivity (Wildman–Crippen MR) is 149 cm³/mol. The van der Waals surface area contributed by atoms with Crippen LogP contribution < -0.4 is 10.2 Å². The number of amides is 1. The summed E-state index contributed by atoms with van der Waals surface area (Å²) < 4.78 is 39.2. The van der Waals surface area contributed by atoms with Crippen LogP contribution in [0, 0.1) is 11.6 Å². The number of nitrogens with zero attached hydrogens (tertiary/aromatic N) is 2. The van der Waals surface area contributed by atoms with Crippen LogP contribution in [0.3, 0.4) is 0 Å². The zero-order valence-corrected chi connectivity index (χ0v) is 22.8. The van der Waals surface area contributed by atoms with E-state index < -0.39 is 17.6 Å². The molecule has 208 valence electrons. The number of ether oxygens (including phenoxy) is 2. The fourth-order valence-electron chi connectivity index (χ4n) is 4.09. The summed E-state index contributed by atoms with van der Waals surface area (Å²) in [6.07, 6.45) is 2.79. The smallest absolute Gasteiger partial charge is 0.303 e. The first-order valence-corrected chi connectivity index (χ1v) is 13.8. The predicted octanol–water partition coefficient (Wildman–Crippen LogP) is 4.30. The lowest BCUT2D eigenvalue weighted by Crippen LogP contribution is -2.41. The van der Waals surface area contributed by atoms with Crippen molar-refractivity contribution in [1.29, 1.82) is 0 Å². The second kappa shape index (κ2) is 13.9. The second-order valence-corrected chi connectivity index (χ2v) is 10.6. The van der Waals surface area contributed by atoms with Crippen molar-refractivity contribution in [3.05, 3.63) is 58.5 Å². The third-order valence-corrected chi connectivity index (χ3v) is 7.50. The summed E-state index contributed by atoms with van der Waals surface area (Å²) in [7, 11) is 0. The SMILES string of the molecule is O=C(O)CCCCNN1C(=O)C(=Cc2cc(-c3ccc(F)c(F)c3)ccc2OCCN2CCOCC2)SC1=S. The summed E-state index contributed by atoms with van der Waals surface area (Å²) in [5, 5.41) is 10.1. The molecule has 2 N–H and O–H groups in total. The highest BCUT2D eigenvalue weighted by molar-refractivity contribution is 8.26. The molecule has 4 rings (SSSR count). The highest BCUT2D eigenvalue weighted by Crippen LogP contribution is 2.35. The molecule has 12 heteroatoms. The first-order chi connectivity index (χ1) is 18.8. The van der Waals surface area contributed by atoms with Gasteiger partial charge in [0, 0.05) is 38.2 Å². The molecule has 2 saturated heterocycles. The molecule has 2 aromatic carbocycles. The number of halogens is 2. The summed E-state index contributed by atoms with van der Waals surface area (Å²) in [6.45, 7) is 4.56. The van der Waals surface area contributed by atoms with E-state index in [-0.39, 0.29) is 12.3 Å². The van der Waals surface area contributed by atoms with Crippen molar-refractivity contribution in [2.24, 2.45) is 0 Å². The van der Waals surface area contributed by atoms with Gasteiger partial charge in [-0.2, -0.15) is 0 Å². The van der Waals surface area contributed by atoms with Gasteiger partial charge >= 0.3 is 5.97 Å². The lowest BCUT2D eigenvalue weighted by Gasteiger charge is -2.26. The van der Waals surface area contributed by atoms with E-state index in [1.165, 1.54) is 11.1 Å². The number of aliphatic carboxylic acids is 1. The number of carbonyl (C=O) groups excluding carboxylic acids is 1. The molecule has 2 aliphatic heterocycles. The molecule has 2 aromatic rings. The number of benzene rings is 2. The van der Waals surface area contributed by atoms with Crippen LogP contribution in [0.25, 0.3) is 17.2 Å². The van der Waals surface area contributed by atoms with Gasteiger partial charge in [0.15, 0.2) is 16.0 Å². The lowest BCUT2D eigenvalue weighted by molar-refractivity contribution is -0.137. The molecule has 0 unspecified atom stereocenters. The highest BCUT2D eigenvalue weighted by Gasteiger charge is 2.32. The second-order valence-electron chi connectivity index (χ2n) is 8.96. The Kier molecular flexibility index (Phi) is 10.4. The molecule has 0 radical (unpaired) electrons. The monoisotopic (exact) mass is 577 g/mol. The van der Waals surface area contributed by atoms with E-state index in [0.29, 0.717) is 77.4 Å². The van der Waals surface area contributed by atoms with Crippen LogP contribution in [0.15, 0.2) is 41.3 Å². The third-order valence-electron chi connectivity index (χ3n) is 6.20. The molecule has 2 heterocycles. The molecule has 0 aliphatic carbocycles. The summed E-state index contributed by atoms with van der Waals surface area (Å²) in [5.41, 5.74) is 4.68. The molecule has 0 aromatic heterocycles. The molecule has 1 amide bonds. The van der Waals surface area contributed by atoms with Crippen molar-refractivity contribution < 1.29 is 33.0 Å². The van der Waals surface area contributed by atoms with Gasteiger partial charge in [0.25, 0.3) is 5.91 Å². The summed E-state index contributed by atoms with van der Waals surface area (Å²) >= 11 is 6.51. The number of morpholine rings is 1. The number of hydrogen-bond donors (Lipinski definition) is 2. The summed E-state index contributed by atoms with van der Waals surface area (Å²) in [5.74, 6) is -2.53. The molecule has 0 spiro atoms. The van der Waals surface area contributed by atoms with E-state index in [9.17, 15) is 18.4 Å². The largest absolute Gasteiger partial charge is 0.492 e. The first kappa shape index (κ1) is 29.1. The van der Waals surface area contributed by atoms with Crippen LogP contribution in [0.4, 0.5) is 8.78 Å². The molecule has 8 nitrogen and oxygen atoms in total. The van der Waals surface area contributed by atoms with E-state index in [2.05, 4.69) is 10.3 Å². The maximum Gasteiger partial charge on any atom is 0.303 e. The number of rotatable bonds is 12. The van der Waals surface area contributed by atoms with Gasteiger partial charge in [-0.1, -0.05) is 36.1 Å². The fraction of sp³-hybridized carbons (Fsp3) is 0.370. The molecular weight excluding hydrogens is 548 g/mol. The Hall–Kier alpha value is -2.90. The van der Waals surface area contributed by atoms with Gasteiger partial charge in [0.1, 0.15) is 12.4 Å². The Morgan fingerprint density at radius 3 is 2.62 bits per heavy atom. The fourth-order valence-corrected chi connectivity index (χ4v) is 5.30. The number of unbranched alkanes of at least 4 members (excludes halogenated alkanes) is 1. The van der Waals surface area contributed by atoms with Gasteiger partial charge in [0.2, 0.25) is 0 Å². The number of carbonyl (C=O) groups is 2. The van der Waals surface area contributed by atoms with Crippen molar-refractivity contribution in [2.45, 2.75) is 19.3 Å². The quantitative estimate of drug-likeness (QED) is 0.218. The average Bonchev–Trinajstić information content (AvgIpc) is 3.18. The number of hydrogen-bond acceptors (Lipinski definition) is 8. The van der Waals surface area contributed by atoms with Crippen LogP contribution in [0.2, 0.25) is 0 Å². The lowest BCUT2D eigenvalue weighted by atomic mass is 10.0. The summed E-state index contributed by atoms with van der Waals surface area (Å²) in [6, 6.07) is 8.97. The van der Waals surface area contributed by atoms with E-state index in [1.807, 2.05) is 0 Å². The molecule has 2 fully saturated rings. The van der Waals surface area contributed by atoms with Gasteiger partial charge in [0.05, 0.1) is 18.1 Å². The van der Waals surface area contributed by atoms with Crippen LogP contribution in [0.1, 0.15) is 24.8 Å². The van der Waals surface area contributed by atoms with E-state index in [4.69, 9.17) is 26.8 Å². The van der Waals surface area contributed by atoms with Gasteiger partial charge in [-0.05, 0) is 54.3 Å². The first-order valence-electron chi connectivity index (χ1n) is 12.6. The Morgan fingerprint density at radius 1 is 1.13 bits per heavy atom. The van der Waals surface area contributed by atoms with Crippen molar-refractivity contribution in [3.8, 4) is 16.9 Å². The number of carboxylic acid groups (broad SMARTS) is 1. The van der Waals surface area contributed by atoms with Crippen molar-refractivity contribution in [3.63, 3.8) is 0 Å². The normalized spacial score (nSPS) is 17.3. The molecule has 39 heavy (non-hydrogen) atoms. The minimum absolute atomic E-state index is 0.0581. The topological polar surface area (TPSA) is 91.3 Å². The number of carboxylic acids is 1. The van der Waals surface area contributed by atoms with E-state index in [0.717, 1.165) is 37.0 Å². The number of thioether (sulfide) groups is 1. The maximum absolute atomic E-state index is 13.9. The zero-order valence-electron chi connectivity index (χ0n) is 21.2. The molecule has 0 saturated carbocycles. The Morgan fingerprint density at radius 2 is 1.87 bits per heavy atom. The average molecular weight is 578 g/mol. The van der Waals surface area contributed by atoms with Crippen LogP contribution >= 0.6 is 24.0 Å². The van der Waals surface area contributed by atoms with Gasteiger partial charge < -0.3 is 14.6 Å². The maximum atomic E-state index is 13.9. The van der Waals surface area contributed by atoms with E-state index in [1.54, 1.807) is 24.3 Å². The summed E-state index contributed by atoms with van der Waals surface area (Å²) in [4.78, 5) is 26.4. The Balaban J connectivity index is 1.52. The van der Waals surface area contributed by atoms with E-state index >= 15 is 0 Å². The van der Waals surface area contributed by atoms with Crippen molar-refractivity contribution in [2.75, 3.05) is 46.0 Å². The van der Waals surface area contributed by atoms with Crippen LogP contribution in [-0.2, 0) is 14.3 Å². The highest BCUT2D eigenvalue weighted by atomic mass is 32.2. The number of thiocarbonyl (C=S) groups is 1. The Labute approximate surface area is 234 Å². The third kappa shape index (κ3) is 8.05. The van der Waals surface area contributed by atoms with Gasteiger partial charge in [-0.25, -0.2) is 19.2 Å². The van der Waals surface area contributed by atoms with Crippen LogP contribution in [0.5, 0.6) is 5.75 Å². The molecular formula is C27H29F2N3O5S2. The zero-order chi connectivity index (χ0) is 27.8. The molecule has 0 bridgehead atoms. The van der Waals surface area contributed by atoms with Crippen LogP contribution in [-0.4, -0.2) is 77.2 Å². The molecule has 2 aliphatic rings. The molecule has 0 atom stereocenters. The van der Waals surface area contributed by atoms with Gasteiger partial charge in [-0.15, -0.1) is 0 Å². The van der Waals surface area contributed by atoms with Crippen molar-refractivity contribution >= 4 is 46.3 Å². The minimum atomic E-state index is -0.949. The number of hydrazine groups is 1. The standard InChI is InChI=1S/C27H29F2N3O5S2/c28-21-6-4-19(16-22(21)29)18-5-7-23(37-14-11-31-9-12-36-13-10-31)20(15-18)17-24-26(35)32(27(38)39-24)30-8-2-1-3-25(33)34/h4-7,15-17,30H,1-3,8-14H2,(H,33,34). The van der Waals surface area contributed by atoms with Gasteiger partial charge in [-0.3, -0.25) is 14.5 Å².